The van der Waals surface area contributed by atoms with Gasteiger partial charge in [-0.1, -0.05) is 52.7 Å². The van der Waals surface area contributed by atoms with Gasteiger partial charge in [0.15, 0.2) is 0 Å². The number of hydrogen-bond acceptors (Lipinski definition) is 4. The van der Waals surface area contributed by atoms with E-state index in [9.17, 15) is 22.4 Å². The Kier molecular flexibility index (Phi) is 10.3. The molecule has 1 N–H and O–H groups in total. The van der Waals surface area contributed by atoms with Gasteiger partial charge in [0.25, 0.3) is 10.0 Å². The van der Waals surface area contributed by atoms with Crippen LogP contribution in [0.1, 0.15) is 38.3 Å². The number of sulfonamides is 1. The van der Waals surface area contributed by atoms with E-state index in [1.807, 2.05) is 45.0 Å². The van der Waals surface area contributed by atoms with Crippen LogP contribution in [-0.2, 0) is 26.2 Å². The van der Waals surface area contributed by atoms with Crippen molar-refractivity contribution in [2.75, 3.05) is 10.8 Å². The third kappa shape index (κ3) is 7.89. The van der Waals surface area contributed by atoms with Gasteiger partial charge in [-0.05, 0) is 81.3 Å². The van der Waals surface area contributed by atoms with E-state index in [2.05, 4.69) is 21.2 Å². The highest BCUT2D eigenvalue weighted by molar-refractivity contribution is 9.10. The molecule has 2 unspecified atom stereocenters. The summed E-state index contributed by atoms with van der Waals surface area (Å²) in [7, 11) is -4.25. The van der Waals surface area contributed by atoms with Crippen molar-refractivity contribution >= 4 is 43.5 Å². The Morgan fingerprint density at radius 3 is 2.23 bits per heavy atom. The molecule has 0 aliphatic carbocycles. The van der Waals surface area contributed by atoms with Gasteiger partial charge in [0.1, 0.15) is 18.4 Å². The average molecular weight is 619 g/mol. The van der Waals surface area contributed by atoms with Crippen LogP contribution in [0.2, 0.25) is 0 Å². The van der Waals surface area contributed by atoms with Gasteiger partial charge in [0, 0.05) is 17.1 Å². The molecule has 10 heteroatoms. The van der Waals surface area contributed by atoms with Gasteiger partial charge in [-0.3, -0.25) is 13.9 Å². The third-order valence-electron chi connectivity index (χ3n) is 6.41. The van der Waals surface area contributed by atoms with Crippen molar-refractivity contribution < 1.29 is 22.4 Å². The smallest absolute Gasteiger partial charge is 0.264 e. The fourth-order valence-corrected chi connectivity index (χ4v) is 5.71. The molecule has 7 nitrogen and oxygen atoms in total. The molecular formula is C29H33BrFN3O4S. The predicted molar refractivity (Wildman–Crippen MR) is 154 cm³/mol. The van der Waals surface area contributed by atoms with E-state index in [0.717, 1.165) is 50.6 Å². The molecule has 2 amide bonds. The number of carbonyl (C=O) groups excluding carboxylic acids is 2. The lowest BCUT2D eigenvalue weighted by atomic mass is 10.1. The highest BCUT2D eigenvalue weighted by atomic mass is 79.9. The summed E-state index contributed by atoms with van der Waals surface area (Å²) in [6.07, 6.45) is 0.717. The molecule has 208 valence electrons. The molecule has 3 rings (SSSR count). The SMILES string of the molecule is CCC(C)NC(=O)C(C)N(Cc1cccc(Br)c1)C(=O)CN(c1ccc(C)cc1)S(=O)(=O)c1ccc(F)cc1. The Labute approximate surface area is 238 Å². The molecule has 0 aromatic heterocycles. The molecule has 0 aliphatic rings. The van der Waals surface area contributed by atoms with Gasteiger partial charge >= 0.3 is 0 Å². The van der Waals surface area contributed by atoms with E-state index in [-0.39, 0.29) is 29.1 Å². The molecule has 0 radical (unpaired) electrons. The zero-order valence-electron chi connectivity index (χ0n) is 22.4. The van der Waals surface area contributed by atoms with Crippen molar-refractivity contribution in [2.24, 2.45) is 0 Å². The molecule has 39 heavy (non-hydrogen) atoms. The van der Waals surface area contributed by atoms with E-state index in [1.54, 1.807) is 31.2 Å². The Bertz CT molecular complexity index is 1400. The van der Waals surface area contributed by atoms with Crippen molar-refractivity contribution in [1.82, 2.24) is 10.2 Å². The number of nitrogens with zero attached hydrogens (tertiary/aromatic N) is 2. The van der Waals surface area contributed by atoms with E-state index in [4.69, 9.17) is 0 Å². The normalized spacial score (nSPS) is 12.9. The monoisotopic (exact) mass is 617 g/mol. The fraction of sp³-hybridized carbons (Fsp3) is 0.310. The number of nitrogens with one attached hydrogen (secondary N) is 1. The third-order valence-corrected chi connectivity index (χ3v) is 8.69. The minimum Gasteiger partial charge on any atom is -0.352 e. The van der Waals surface area contributed by atoms with Crippen LogP contribution in [0.3, 0.4) is 0 Å². The van der Waals surface area contributed by atoms with Gasteiger partial charge in [-0.25, -0.2) is 12.8 Å². The summed E-state index contributed by atoms with van der Waals surface area (Å²) in [5.74, 6) is -1.47. The number of hydrogen-bond donors (Lipinski definition) is 1. The second-order valence-electron chi connectivity index (χ2n) is 9.45. The highest BCUT2D eigenvalue weighted by Crippen LogP contribution is 2.25. The van der Waals surface area contributed by atoms with Crippen molar-refractivity contribution in [3.05, 3.63) is 94.2 Å². The summed E-state index contributed by atoms with van der Waals surface area (Å²) in [6.45, 7) is 6.84. The summed E-state index contributed by atoms with van der Waals surface area (Å²) < 4.78 is 42.8. The lowest BCUT2D eigenvalue weighted by molar-refractivity contribution is -0.139. The first kappa shape index (κ1) is 30.3. The quantitative estimate of drug-likeness (QED) is 0.311. The summed E-state index contributed by atoms with van der Waals surface area (Å²) >= 11 is 3.43. The van der Waals surface area contributed by atoms with Crippen LogP contribution < -0.4 is 9.62 Å². The minimum absolute atomic E-state index is 0.0890. The second-order valence-corrected chi connectivity index (χ2v) is 12.2. The van der Waals surface area contributed by atoms with Crippen molar-refractivity contribution in [2.45, 2.75) is 57.6 Å². The lowest BCUT2D eigenvalue weighted by Gasteiger charge is -2.32. The average Bonchev–Trinajstić information content (AvgIpc) is 2.90. The molecule has 2 atom stereocenters. The molecule has 0 spiro atoms. The molecule has 0 bridgehead atoms. The molecule has 0 fully saturated rings. The highest BCUT2D eigenvalue weighted by Gasteiger charge is 2.32. The van der Waals surface area contributed by atoms with E-state index in [0.29, 0.717) is 0 Å². The van der Waals surface area contributed by atoms with Crippen molar-refractivity contribution in [3.63, 3.8) is 0 Å². The van der Waals surface area contributed by atoms with Crippen LogP contribution in [0.15, 0.2) is 82.2 Å². The summed E-state index contributed by atoms with van der Waals surface area (Å²) in [5.41, 5.74) is 1.96. The molecule has 3 aromatic rings. The zero-order valence-corrected chi connectivity index (χ0v) is 24.8. The maximum Gasteiger partial charge on any atom is 0.264 e. The molecular weight excluding hydrogens is 585 g/mol. The molecule has 0 heterocycles. The summed E-state index contributed by atoms with van der Waals surface area (Å²) in [4.78, 5) is 28.2. The van der Waals surface area contributed by atoms with Crippen LogP contribution in [0.25, 0.3) is 0 Å². The van der Waals surface area contributed by atoms with Crippen molar-refractivity contribution in [1.29, 1.82) is 0 Å². The maximum atomic E-state index is 13.9. The molecule has 3 aromatic carbocycles. The van der Waals surface area contributed by atoms with Crippen LogP contribution in [0, 0.1) is 12.7 Å². The van der Waals surface area contributed by atoms with Crippen LogP contribution in [-0.4, -0.2) is 43.8 Å². The van der Waals surface area contributed by atoms with Gasteiger partial charge < -0.3 is 10.2 Å². The van der Waals surface area contributed by atoms with Crippen molar-refractivity contribution in [3.8, 4) is 0 Å². The topological polar surface area (TPSA) is 86.8 Å². The Balaban J connectivity index is 2.02. The largest absolute Gasteiger partial charge is 0.352 e. The fourth-order valence-electron chi connectivity index (χ4n) is 3.85. The Hall–Kier alpha value is -3.24. The molecule has 0 aliphatic heterocycles. The number of carbonyl (C=O) groups is 2. The number of rotatable bonds is 11. The van der Waals surface area contributed by atoms with E-state index >= 15 is 0 Å². The minimum atomic E-state index is -4.25. The van der Waals surface area contributed by atoms with Gasteiger partial charge in [-0.2, -0.15) is 0 Å². The van der Waals surface area contributed by atoms with E-state index in [1.165, 1.54) is 4.90 Å². The molecule has 0 saturated heterocycles. The first-order valence-electron chi connectivity index (χ1n) is 12.6. The summed E-state index contributed by atoms with van der Waals surface area (Å²) in [6, 6.07) is 17.5. The zero-order chi connectivity index (χ0) is 28.7. The van der Waals surface area contributed by atoms with Crippen LogP contribution in [0.5, 0.6) is 0 Å². The van der Waals surface area contributed by atoms with Gasteiger partial charge in [0.05, 0.1) is 10.6 Å². The standard InChI is InChI=1S/C29H33BrFN3O4S/c1-5-21(3)32-29(36)22(4)33(18-23-7-6-8-24(30)17-23)28(35)19-34(26-13-9-20(2)10-14-26)39(37,38)27-15-11-25(31)12-16-27/h6-17,21-22H,5,18-19H2,1-4H3,(H,32,36). The van der Waals surface area contributed by atoms with Gasteiger partial charge in [0.2, 0.25) is 11.8 Å². The first-order valence-corrected chi connectivity index (χ1v) is 14.8. The number of halogens is 2. The predicted octanol–water partition coefficient (Wildman–Crippen LogP) is 5.42. The number of benzene rings is 3. The van der Waals surface area contributed by atoms with Crippen LogP contribution >= 0.6 is 15.9 Å². The van der Waals surface area contributed by atoms with Gasteiger partial charge in [-0.15, -0.1) is 0 Å². The summed E-state index contributed by atoms with van der Waals surface area (Å²) in [5, 5.41) is 2.90. The number of amides is 2. The lowest BCUT2D eigenvalue weighted by Crippen LogP contribution is -2.52. The first-order chi connectivity index (χ1) is 18.4. The molecule has 0 saturated carbocycles. The van der Waals surface area contributed by atoms with Crippen LogP contribution in [0.4, 0.5) is 10.1 Å². The number of anilines is 1. The van der Waals surface area contributed by atoms with E-state index < -0.39 is 34.3 Å². The maximum absolute atomic E-state index is 13.9. The number of aryl methyl sites for hydroxylation is 1. The second kappa shape index (κ2) is 13.2. The Morgan fingerprint density at radius 2 is 1.64 bits per heavy atom. The Morgan fingerprint density at radius 1 is 1.00 bits per heavy atom.